The molecule has 25 heteroatoms. The number of H-pyrrole nitrogens is 1. The summed E-state index contributed by atoms with van der Waals surface area (Å²) >= 11 is -0.535. The molecule has 0 saturated carbocycles. The lowest BCUT2D eigenvalue weighted by Crippen LogP contribution is -2.61. The number of carbonyl (C=O) groups excluding carboxylic acids is 8. The van der Waals surface area contributed by atoms with Gasteiger partial charge in [0.25, 0.3) is 0 Å². The topological polar surface area (TPSA) is 359 Å². The molecule has 460 valence electrons. The average Bonchev–Trinajstić information content (AvgIpc) is 1.52. The van der Waals surface area contributed by atoms with Crippen molar-refractivity contribution >= 4 is 81.1 Å². The maximum absolute atomic E-state index is 15.2. The fraction of sp³-hybridized carbons (Fsp3) is 0.443. The number of aromatic nitrogens is 1. The molecule has 5 unspecified atom stereocenters. The van der Waals surface area contributed by atoms with E-state index in [1.54, 1.807) is 43.8 Å². The van der Waals surface area contributed by atoms with Gasteiger partial charge in [0.1, 0.15) is 29.6 Å². The Kier molecular flexibility index (Phi) is 22.3. The third-order valence-electron chi connectivity index (χ3n) is 16.0. The van der Waals surface area contributed by atoms with Crippen LogP contribution in [0.4, 0.5) is 0 Å². The predicted octanol–water partition coefficient (Wildman–Crippen LogP) is 0.342. The van der Waals surface area contributed by atoms with E-state index in [-0.39, 0.29) is 36.7 Å². The van der Waals surface area contributed by atoms with E-state index in [0.717, 1.165) is 16.7 Å². The van der Waals surface area contributed by atoms with Crippen molar-refractivity contribution in [2.75, 3.05) is 50.9 Å². The van der Waals surface area contributed by atoms with Crippen molar-refractivity contribution in [1.82, 2.24) is 47.1 Å². The molecular formula is C61H76N10O13S2. The Morgan fingerprint density at radius 3 is 1.99 bits per heavy atom. The van der Waals surface area contributed by atoms with E-state index in [9.17, 15) is 53.7 Å². The highest BCUT2D eigenvalue weighted by Gasteiger charge is 2.43. The lowest BCUT2D eigenvalue weighted by molar-refractivity contribution is -0.136. The number of nitrogens with two attached hydrogens (primary N) is 1. The van der Waals surface area contributed by atoms with Crippen molar-refractivity contribution in [2.45, 2.75) is 111 Å². The number of primary amides is 1. The van der Waals surface area contributed by atoms with Crippen LogP contribution in [0.2, 0.25) is 0 Å². The van der Waals surface area contributed by atoms with Crippen molar-refractivity contribution in [3.8, 4) is 5.75 Å². The SMILES string of the molecule is CC[C@H](C)[C@@H]1NC(=O)CNC(=O)C2Cc3c([nH]c4cc(OCCCSC(c5ccccc5)(c5ccccc5)c5ccccc5)ccc34)[S+]([O-])CC(NC(=O)CNC1=O)C(=O)N[C@@H](CC(N)=O)CN1CC(O)CC1C(=O)N[C@@H]([C@@H](C)[C@@H](O)CO)C(=O)N2. The highest BCUT2D eigenvalue weighted by Crippen LogP contribution is 2.48. The van der Waals surface area contributed by atoms with Crippen LogP contribution in [0.15, 0.2) is 114 Å². The fourth-order valence-electron chi connectivity index (χ4n) is 11.2. The van der Waals surface area contributed by atoms with E-state index < -0.39 is 162 Å². The van der Waals surface area contributed by atoms with Gasteiger partial charge >= 0.3 is 0 Å². The number of aliphatic hydroxyl groups excluding tert-OH is 3. The highest BCUT2D eigenvalue weighted by atomic mass is 32.2. The summed E-state index contributed by atoms with van der Waals surface area (Å²) < 4.78 is 21.1. The molecule has 4 heterocycles. The summed E-state index contributed by atoms with van der Waals surface area (Å²) in [4.78, 5) is 117. The van der Waals surface area contributed by atoms with Crippen LogP contribution >= 0.6 is 11.8 Å². The van der Waals surface area contributed by atoms with Crippen molar-refractivity contribution in [3.63, 3.8) is 0 Å². The third-order valence-corrected chi connectivity index (χ3v) is 19.1. The first kappa shape index (κ1) is 64.5. The van der Waals surface area contributed by atoms with Gasteiger partial charge in [0, 0.05) is 60.0 Å². The quantitative estimate of drug-likeness (QED) is 0.0360. The molecule has 0 spiro atoms. The molecule has 2 bridgehead atoms. The maximum Gasteiger partial charge on any atom is 0.247 e. The van der Waals surface area contributed by atoms with Gasteiger partial charge in [-0.15, -0.1) is 11.8 Å². The van der Waals surface area contributed by atoms with Crippen molar-refractivity contribution in [1.29, 1.82) is 0 Å². The second kappa shape index (κ2) is 29.7. The van der Waals surface area contributed by atoms with Gasteiger partial charge in [0.2, 0.25) is 52.3 Å². The summed E-state index contributed by atoms with van der Waals surface area (Å²) in [6.45, 7) is 2.42. The maximum atomic E-state index is 15.2. The number of rotatable bonds is 16. The zero-order valence-corrected chi connectivity index (χ0v) is 49.8. The molecule has 5 aromatic rings. The average molecular weight is 1220 g/mol. The van der Waals surface area contributed by atoms with E-state index in [0.29, 0.717) is 35.2 Å². The Balaban J connectivity index is 1.18. The number of ether oxygens (including phenoxy) is 1. The van der Waals surface area contributed by atoms with E-state index in [1.807, 2.05) is 54.6 Å². The lowest BCUT2D eigenvalue weighted by atomic mass is 9.84. The fourth-order valence-corrected chi connectivity index (χ4v) is 14.1. The first-order valence-corrected chi connectivity index (χ1v) is 31.1. The number of hydrogen-bond donors (Lipinski definition) is 12. The summed E-state index contributed by atoms with van der Waals surface area (Å²) in [5, 5.41) is 50.6. The number of carbonyl (C=O) groups is 8. The standard InChI is InChI=1S/C61H76N10O13S2/c1-4-35(2)53-58(81)64-29-51(76)66-47-34-86(83)60-44(43-22-21-42(27-45(43)68-60)84-23-14-24-85-61(37-15-8-5-9-16-37,38-17-10-6-11-18-38)39-19-12-7-13-20-39)28-46(55(78)63-30-52(77)69-53)67-59(82)54(36(3)49(74)33-72)70-57(80)48-26-41(73)32-71(48)31-40(25-50(62)75)65-56(47)79/h5-13,15-22,27,35-36,40-41,46-49,53-54,68,72-74H,4,14,23-26,28-34H2,1-3H3,(H2,62,75)(H,63,78)(H,64,81)(H,65,79)(H,66,76)(H,67,82)(H,69,77)(H,70,80)/t35-,36-,40-,41?,46?,47?,48?,49-,53-,54-,86?/m0/s1. The molecule has 3 aliphatic heterocycles. The minimum absolute atomic E-state index is 0.0482. The number of nitrogens with one attached hydrogen (secondary N) is 8. The zero-order chi connectivity index (χ0) is 61.7. The van der Waals surface area contributed by atoms with Crippen molar-refractivity contribution in [2.24, 2.45) is 17.6 Å². The molecular weight excluding hydrogens is 1140 g/mol. The number of aliphatic hydroxyl groups is 3. The van der Waals surface area contributed by atoms with Crippen molar-refractivity contribution in [3.05, 3.63) is 131 Å². The van der Waals surface area contributed by atoms with Crippen LogP contribution in [0.1, 0.15) is 68.7 Å². The molecule has 1 aromatic heterocycles. The molecule has 11 atom stereocenters. The van der Waals surface area contributed by atoms with Gasteiger partial charge in [-0.3, -0.25) is 43.3 Å². The summed E-state index contributed by atoms with van der Waals surface area (Å²) in [6, 6.07) is 27.3. The molecule has 1 fully saturated rings. The third kappa shape index (κ3) is 15.7. The molecule has 1 saturated heterocycles. The number of benzene rings is 4. The monoisotopic (exact) mass is 1220 g/mol. The smallest absolute Gasteiger partial charge is 0.247 e. The van der Waals surface area contributed by atoms with Crippen LogP contribution in [0.3, 0.4) is 0 Å². The first-order chi connectivity index (χ1) is 41.3. The molecule has 8 rings (SSSR count). The molecule has 13 N–H and O–H groups in total. The molecule has 4 aromatic carbocycles. The minimum atomic E-state index is -2.31. The van der Waals surface area contributed by atoms with Crippen LogP contribution in [-0.4, -0.2) is 176 Å². The van der Waals surface area contributed by atoms with Crippen molar-refractivity contribution < 1.29 is 63.0 Å². The summed E-state index contributed by atoms with van der Waals surface area (Å²) in [5.74, 6) is -8.38. The Labute approximate surface area is 505 Å². The van der Waals surface area contributed by atoms with Gasteiger partial charge in [0.15, 0.2) is 6.04 Å². The normalized spacial score (nSPS) is 24.5. The molecule has 0 aliphatic carbocycles. The van der Waals surface area contributed by atoms with Crippen LogP contribution in [0.25, 0.3) is 10.9 Å². The highest BCUT2D eigenvalue weighted by molar-refractivity contribution is 8.00. The summed E-state index contributed by atoms with van der Waals surface area (Å²) in [7, 11) is 0. The van der Waals surface area contributed by atoms with Gasteiger partial charge in [0.05, 0.1) is 60.9 Å². The summed E-state index contributed by atoms with van der Waals surface area (Å²) in [6.07, 6.45) is -2.87. The zero-order valence-electron chi connectivity index (χ0n) is 48.1. The van der Waals surface area contributed by atoms with Gasteiger partial charge in [-0.1, -0.05) is 118 Å². The van der Waals surface area contributed by atoms with Crippen LogP contribution in [0, 0.1) is 11.8 Å². The molecule has 86 heavy (non-hydrogen) atoms. The number of aromatic amines is 1. The largest absolute Gasteiger partial charge is 0.610 e. The van der Waals surface area contributed by atoms with Crippen LogP contribution in [0.5, 0.6) is 5.75 Å². The lowest BCUT2D eigenvalue weighted by Gasteiger charge is -2.35. The molecule has 23 nitrogen and oxygen atoms in total. The van der Waals surface area contributed by atoms with Gasteiger partial charge in [-0.25, -0.2) is 0 Å². The second-order valence-corrected chi connectivity index (χ2v) is 24.8. The molecule has 8 amide bonds. The van der Waals surface area contributed by atoms with E-state index in [1.165, 1.54) is 11.8 Å². The number of thioether (sulfide) groups is 1. The number of fused-ring (bicyclic) bond motifs is 5. The second-order valence-electron chi connectivity index (χ2n) is 22.1. The van der Waals surface area contributed by atoms with Crippen LogP contribution < -0.4 is 47.7 Å². The Morgan fingerprint density at radius 1 is 0.767 bits per heavy atom. The predicted molar refractivity (Wildman–Crippen MR) is 322 cm³/mol. The Bertz CT molecular complexity index is 3100. The van der Waals surface area contributed by atoms with E-state index in [4.69, 9.17) is 10.5 Å². The number of amides is 8. The van der Waals surface area contributed by atoms with Gasteiger partial charge < -0.3 is 72.5 Å². The Hall–Kier alpha value is -7.52. The number of nitrogens with zero attached hydrogens (tertiary/aromatic N) is 1. The Morgan fingerprint density at radius 2 is 1.38 bits per heavy atom. The minimum Gasteiger partial charge on any atom is -0.610 e. The van der Waals surface area contributed by atoms with Crippen LogP contribution in [-0.2, 0) is 60.7 Å². The van der Waals surface area contributed by atoms with Gasteiger partial charge in [-0.05, 0) is 53.3 Å². The number of hydrogen-bond acceptors (Lipinski definition) is 15. The van der Waals surface area contributed by atoms with E-state index >= 15 is 4.55 Å². The first-order valence-electron chi connectivity index (χ1n) is 28.8. The molecule has 0 radical (unpaired) electrons. The van der Waals surface area contributed by atoms with E-state index in [2.05, 4.69) is 78.6 Å². The summed E-state index contributed by atoms with van der Waals surface area (Å²) in [5.41, 5.74) is 9.56. The van der Waals surface area contributed by atoms with Gasteiger partial charge in [-0.2, -0.15) is 0 Å². The molecule has 3 aliphatic rings.